The van der Waals surface area contributed by atoms with Crippen molar-refractivity contribution in [1.82, 2.24) is 5.32 Å². The third-order valence-corrected chi connectivity index (χ3v) is 3.20. The van der Waals surface area contributed by atoms with Crippen molar-refractivity contribution >= 4 is 0 Å². The lowest BCUT2D eigenvalue weighted by Gasteiger charge is -2.15. The van der Waals surface area contributed by atoms with Gasteiger partial charge in [0.1, 0.15) is 17.4 Å². The Balaban J connectivity index is 2.04. The molecule has 0 amide bonds. The Labute approximate surface area is 117 Å². The smallest absolute Gasteiger partial charge is 0.127 e. The van der Waals surface area contributed by atoms with E-state index in [4.69, 9.17) is 4.74 Å². The van der Waals surface area contributed by atoms with Gasteiger partial charge >= 0.3 is 0 Å². The number of nitrogens with one attached hydrogen (secondary N) is 1. The van der Waals surface area contributed by atoms with Crippen molar-refractivity contribution in [2.45, 2.75) is 19.5 Å². The fourth-order valence-corrected chi connectivity index (χ4v) is 1.97. The van der Waals surface area contributed by atoms with Crippen LogP contribution in [0.5, 0.6) is 5.75 Å². The SMILES string of the molecule is COc1cccc([C@H](C)NCc2cc(F)ccc2F)c1. The summed E-state index contributed by atoms with van der Waals surface area (Å²) in [6.07, 6.45) is 0. The van der Waals surface area contributed by atoms with E-state index in [1.807, 2.05) is 31.2 Å². The van der Waals surface area contributed by atoms with Crippen LogP contribution in [0.2, 0.25) is 0 Å². The molecule has 0 aromatic heterocycles. The first kappa shape index (κ1) is 14.5. The van der Waals surface area contributed by atoms with Crippen molar-refractivity contribution in [1.29, 1.82) is 0 Å². The predicted octanol–water partition coefficient (Wildman–Crippen LogP) is 3.82. The minimum Gasteiger partial charge on any atom is -0.497 e. The van der Waals surface area contributed by atoms with Crippen molar-refractivity contribution in [3.63, 3.8) is 0 Å². The minimum absolute atomic E-state index is 0.00719. The van der Waals surface area contributed by atoms with E-state index in [2.05, 4.69) is 5.32 Å². The lowest BCUT2D eigenvalue weighted by Crippen LogP contribution is -2.19. The fraction of sp³-hybridized carbons (Fsp3) is 0.250. The van der Waals surface area contributed by atoms with E-state index in [-0.39, 0.29) is 12.6 Å². The summed E-state index contributed by atoms with van der Waals surface area (Å²) in [6.45, 7) is 2.23. The van der Waals surface area contributed by atoms with Gasteiger partial charge in [-0.2, -0.15) is 0 Å². The molecule has 0 radical (unpaired) electrons. The molecule has 0 aliphatic heterocycles. The van der Waals surface area contributed by atoms with Crippen LogP contribution >= 0.6 is 0 Å². The lowest BCUT2D eigenvalue weighted by atomic mass is 10.1. The third kappa shape index (κ3) is 3.54. The van der Waals surface area contributed by atoms with Gasteiger partial charge in [0.25, 0.3) is 0 Å². The second-order valence-electron chi connectivity index (χ2n) is 4.61. The van der Waals surface area contributed by atoms with Crippen LogP contribution in [0.4, 0.5) is 8.78 Å². The highest BCUT2D eigenvalue weighted by Crippen LogP contribution is 2.19. The van der Waals surface area contributed by atoms with Gasteiger partial charge in [0.2, 0.25) is 0 Å². The summed E-state index contributed by atoms with van der Waals surface area (Å²) < 4.78 is 31.8. The van der Waals surface area contributed by atoms with Gasteiger partial charge in [-0.3, -0.25) is 0 Å². The number of rotatable bonds is 5. The topological polar surface area (TPSA) is 21.3 Å². The molecule has 0 saturated carbocycles. The highest BCUT2D eigenvalue weighted by molar-refractivity contribution is 5.30. The summed E-state index contributed by atoms with van der Waals surface area (Å²) >= 11 is 0. The summed E-state index contributed by atoms with van der Waals surface area (Å²) in [7, 11) is 1.61. The Hall–Kier alpha value is -1.94. The third-order valence-electron chi connectivity index (χ3n) is 3.20. The maximum Gasteiger partial charge on any atom is 0.127 e. The molecule has 1 atom stereocenters. The molecule has 0 aliphatic carbocycles. The molecule has 0 bridgehead atoms. The zero-order valence-corrected chi connectivity index (χ0v) is 11.5. The number of hydrogen-bond donors (Lipinski definition) is 1. The van der Waals surface area contributed by atoms with Crippen LogP contribution in [0.15, 0.2) is 42.5 Å². The van der Waals surface area contributed by atoms with Crippen LogP contribution in [0.1, 0.15) is 24.1 Å². The zero-order chi connectivity index (χ0) is 14.5. The Kier molecular flexibility index (Phi) is 4.69. The molecule has 0 heterocycles. The molecular formula is C16H17F2NO. The fourth-order valence-electron chi connectivity index (χ4n) is 1.97. The highest BCUT2D eigenvalue weighted by atomic mass is 19.1. The van der Waals surface area contributed by atoms with Gasteiger partial charge in [-0.05, 0) is 42.8 Å². The molecule has 2 aromatic carbocycles. The van der Waals surface area contributed by atoms with Gasteiger partial charge in [-0.25, -0.2) is 8.78 Å². The molecule has 4 heteroatoms. The van der Waals surface area contributed by atoms with Gasteiger partial charge < -0.3 is 10.1 Å². The van der Waals surface area contributed by atoms with E-state index in [0.717, 1.165) is 23.4 Å². The van der Waals surface area contributed by atoms with Crippen molar-refractivity contribution in [3.05, 3.63) is 65.2 Å². The first-order valence-corrected chi connectivity index (χ1v) is 6.41. The van der Waals surface area contributed by atoms with E-state index < -0.39 is 11.6 Å². The number of hydrogen-bond acceptors (Lipinski definition) is 2. The number of methoxy groups -OCH3 is 1. The predicted molar refractivity (Wildman–Crippen MR) is 74.6 cm³/mol. The van der Waals surface area contributed by atoms with Crippen LogP contribution in [0.25, 0.3) is 0 Å². The zero-order valence-electron chi connectivity index (χ0n) is 11.5. The van der Waals surface area contributed by atoms with Crippen molar-refractivity contribution in [2.75, 3.05) is 7.11 Å². The first-order valence-electron chi connectivity index (χ1n) is 6.41. The largest absolute Gasteiger partial charge is 0.497 e. The molecule has 0 unspecified atom stereocenters. The Morgan fingerprint density at radius 3 is 2.70 bits per heavy atom. The average molecular weight is 277 g/mol. The number of halogens is 2. The molecule has 0 spiro atoms. The van der Waals surface area contributed by atoms with E-state index >= 15 is 0 Å². The van der Waals surface area contributed by atoms with E-state index in [1.165, 1.54) is 6.07 Å². The van der Waals surface area contributed by atoms with Crippen LogP contribution in [0, 0.1) is 11.6 Å². The van der Waals surface area contributed by atoms with E-state index in [9.17, 15) is 8.78 Å². The molecule has 0 saturated heterocycles. The monoisotopic (exact) mass is 277 g/mol. The average Bonchev–Trinajstić information content (AvgIpc) is 2.48. The van der Waals surface area contributed by atoms with Crippen LogP contribution in [-0.2, 0) is 6.54 Å². The Bertz CT molecular complexity index is 586. The summed E-state index contributed by atoms with van der Waals surface area (Å²) in [5, 5.41) is 3.17. The van der Waals surface area contributed by atoms with Gasteiger partial charge in [0, 0.05) is 18.2 Å². The minimum atomic E-state index is -0.433. The van der Waals surface area contributed by atoms with Crippen molar-refractivity contribution in [2.24, 2.45) is 0 Å². The van der Waals surface area contributed by atoms with Crippen molar-refractivity contribution < 1.29 is 13.5 Å². The van der Waals surface area contributed by atoms with Gasteiger partial charge in [-0.1, -0.05) is 12.1 Å². The van der Waals surface area contributed by atoms with Gasteiger partial charge in [0.15, 0.2) is 0 Å². The Morgan fingerprint density at radius 2 is 1.95 bits per heavy atom. The summed E-state index contributed by atoms with van der Waals surface area (Å²) in [4.78, 5) is 0. The Morgan fingerprint density at radius 1 is 1.15 bits per heavy atom. The molecular weight excluding hydrogens is 260 g/mol. The van der Waals surface area contributed by atoms with Gasteiger partial charge in [0.05, 0.1) is 7.11 Å². The van der Waals surface area contributed by atoms with Crippen LogP contribution in [0.3, 0.4) is 0 Å². The van der Waals surface area contributed by atoms with Gasteiger partial charge in [-0.15, -0.1) is 0 Å². The molecule has 0 aliphatic rings. The maximum atomic E-state index is 13.5. The molecule has 2 nitrogen and oxygen atoms in total. The summed E-state index contributed by atoms with van der Waals surface area (Å²) in [6, 6.07) is 11.1. The van der Waals surface area contributed by atoms with E-state index in [0.29, 0.717) is 5.56 Å². The van der Waals surface area contributed by atoms with E-state index in [1.54, 1.807) is 7.11 Å². The standard InChI is InChI=1S/C16H17F2NO/c1-11(12-4-3-5-15(9-12)20-2)19-10-13-8-14(17)6-7-16(13)18/h3-9,11,19H,10H2,1-2H3/t11-/m0/s1. The number of ether oxygens (including phenoxy) is 1. The second-order valence-corrected chi connectivity index (χ2v) is 4.61. The quantitative estimate of drug-likeness (QED) is 0.897. The molecule has 1 N–H and O–H groups in total. The molecule has 106 valence electrons. The molecule has 20 heavy (non-hydrogen) atoms. The summed E-state index contributed by atoms with van der Waals surface area (Å²) in [5.41, 5.74) is 1.35. The first-order chi connectivity index (χ1) is 9.60. The number of benzene rings is 2. The normalized spacial score (nSPS) is 12.2. The molecule has 2 rings (SSSR count). The lowest BCUT2D eigenvalue weighted by molar-refractivity contribution is 0.413. The van der Waals surface area contributed by atoms with Crippen LogP contribution < -0.4 is 10.1 Å². The maximum absolute atomic E-state index is 13.5. The molecule has 0 fully saturated rings. The second kappa shape index (κ2) is 6.48. The van der Waals surface area contributed by atoms with Crippen LogP contribution in [-0.4, -0.2) is 7.11 Å². The van der Waals surface area contributed by atoms with Crippen molar-refractivity contribution in [3.8, 4) is 5.75 Å². The summed E-state index contributed by atoms with van der Waals surface area (Å²) in [5.74, 6) is -0.0675. The molecule has 2 aromatic rings. The highest BCUT2D eigenvalue weighted by Gasteiger charge is 2.08.